The number of rotatable bonds is 2. The summed E-state index contributed by atoms with van der Waals surface area (Å²) in [5, 5.41) is 0.630. The van der Waals surface area contributed by atoms with E-state index in [9.17, 15) is 14.4 Å². The number of hydrogen-bond donors (Lipinski definition) is 1. The molecule has 94 valence electrons. The van der Waals surface area contributed by atoms with Gasteiger partial charge in [0.25, 0.3) is 0 Å². The van der Waals surface area contributed by atoms with Crippen molar-refractivity contribution in [3.8, 4) is 5.75 Å². The zero-order valence-corrected chi connectivity index (χ0v) is 17.3. The number of benzene rings is 1. The van der Waals surface area contributed by atoms with E-state index >= 15 is 0 Å². The van der Waals surface area contributed by atoms with E-state index in [-0.39, 0.29) is 75.4 Å². The van der Waals surface area contributed by atoms with Crippen LogP contribution in [-0.4, -0.2) is 10.5 Å². The molecule has 0 unspecified atom stereocenters. The van der Waals surface area contributed by atoms with Gasteiger partial charge >= 0.3 is 59.1 Å². The molecule has 19 heavy (non-hydrogen) atoms. The van der Waals surface area contributed by atoms with E-state index in [0.29, 0.717) is 15.4 Å². The standard InChI is InChI=1S/C8H6BrClNO4P.2Na.H2O/c9-4-1-2-5-7(8(4)10)6(3-11-5)15-16(12,13)14;;;/h1-3,11H,(H2,12,13,14);;;1H2/q;2*+1;/p-2. The van der Waals surface area contributed by atoms with Crippen molar-refractivity contribution in [2.75, 3.05) is 0 Å². The smallest absolute Gasteiger partial charge is 0.780 e. The van der Waals surface area contributed by atoms with Crippen molar-refractivity contribution in [1.29, 1.82) is 0 Å². The van der Waals surface area contributed by atoms with Crippen LogP contribution in [0.15, 0.2) is 22.8 Å². The number of H-pyrrole nitrogens is 1. The predicted octanol–water partition coefficient (Wildman–Crippen LogP) is -5.03. The molecular weight excluding hydrogens is 382 g/mol. The first-order valence-electron chi connectivity index (χ1n) is 4.05. The quantitative estimate of drug-likeness (QED) is 0.409. The first kappa shape index (κ1) is 22.7. The first-order valence-corrected chi connectivity index (χ1v) is 6.68. The molecule has 6 nitrogen and oxygen atoms in total. The molecule has 0 radical (unpaired) electrons. The molecule has 0 saturated carbocycles. The molecule has 2 aromatic rings. The minimum Gasteiger partial charge on any atom is -0.780 e. The molecular formula is C8H6BrClNNa2O5P. The van der Waals surface area contributed by atoms with Crippen molar-refractivity contribution in [3.05, 3.63) is 27.8 Å². The number of aromatic amines is 1. The summed E-state index contributed by atoms with van der Waals surface area (Å²) >= 11 is 9.15. The third-order valence-electron chi connectivity index (χ3n) is 1.91. The molecule has 3 N–H and O–H groups in total. The fourth-order valence-electron chi connectivity index (χ4n) is 1.32. The van der Waals surface area contributed by atoms with Gasteiger partial charge < -0.3 is 29.3 Å². The maximum Gasteiger partial charge on any atom is 1.00 e. The van der Waals surface area contributed by atoms with Crippen LogP contribution in [0.3, 0.4) is 0 Å². The first-order chi connectivity index (χ1) is 7.38. The molecule has 0 spiro atoms. The number of phosphoric ester groups is 1. The zero-order valence-electron chi connectivity index (χ0n) is 10.1. The monoisotopic (exact) mass is 387 g/mol. The van der Waals surface area contributed by atoms with Crippen molar-refractivity contribution in [1.82, 2.24) is 4.98 Å². The van der Waals surface area contributed by atoms with E-state index in [1.807, 2.05) is 0 Å². The van der Waals surface area contributed by atoms with Crippen LogP contribution < -0.4 is 73.4 Å². The van der Waals surface area contributed by atoms with E-state index in [0.717, 1.165) is 0 Å². The van der Waals surface area contributed by atoms with Crippen molar-refractivity contribution in [3.63, 3.8) is 0 Å². The Morgan fingerprint density at radius 2 is 1.89 bits per heavy atom. The zero-order chi connectivity index (χ0) is 11.9. The van der Waals surface area contributed by atoms with E-state index in [1.165, 1.54) is 6.20 Å². The molecule has 0 aliphatic heterocycles. The van der Waals surface area contributed by atoms with Gasteiger partial charge in [0.1, 0.15) is 7.82 Å². The Labute approximate surface area is 166 Å². The van der Waals surface area contributed by atoms with Crippen molar-refractivity contribution >= 4 is 46.3 Å². The van der Waals surface area contributed by atoms with Crippen LogP contribution in [0, 0.1) is 0 Å². The Morgan fingerprint density at radius 1 is 1.32 bits per heavy atom. The van der Waals surface area contributed by atoms with Gasteiger partial charge in [0, 0.05) is 10.7 Å². The Bertz CT molecular complexity index is 604. The Morgan fingerprint density at radius 3 is 2.42 bits per heavy atom. The maximum atomic E-state index is 10.5. The minimum absolute atomic E-state index is 0. The molecule has 0 atom stereocenters. The fourth-order valence-corrected chi connectivity index (χ4v) is 2.29. The Kier molecular flexibility index (Phi) is 10.5. The number of fused-ring (bicyclic) bond motifs is 1. The molecule has 0 fully saturated rings. The van der Waals surface area contributed by atoms with Gasteiger partial charge in [-0.15, -0.1) is 0 Å². The van der Waals surface area contributed by atoms with Crippen LogP contribution in [0.2, 0.25) is 5.02 Å². The number of halogens is 2. The fraction of sp³-hybridized carbons (Fsp3) is 0. The van der Waals surface area contributed by atoms with Crippen molar-refractivity contribution in [2.45, 2.75) is 0 Å². The second-order valence-corrected chi connectivity index (χ2v) is 5.28. The second kappa shape index (κ2) is 8.78. The molecule has 1 aromatic heterocycles. The molecule has 0 saturated heterocycles. The van der Waals surface area contributed by atoms with Crippen LogP contribution in [0.25, 0.3) is 10.9 Å². The second-order valence-electron chi connectivity index (χ2n) is 2.98. The maximum absolute atomic E-state index is 10.5. The largest absolute Gasteiger partial charge is 1.00 e. The topological polar surface area (TPSA) is 120 Å². The van der Waals surface area contributed by atoms with Crippen LogP contribution >= 0.6 is 35.4 Å². The van der Waals surface area contributed by atoms with Gasteiger partial charge in [0.2, 0.25) is 0 Å². The normalized spacial score (nSPS) is 10.1. The summed E-state index contributed by atoms with van der Waals surface area (Å²) in [5.41, 5.74) is 0.580. The SMILES string of the molecule is O.O=P([O-])([O-])Oc1c[nH]c2ccc(Br)c(Cl)c12.[Na+].[Na+]. The van der Waals surface area contributed by atoms with Crippen molar-refractivity contribution in [2.24, 2.45) is 0 Å². The number of phosphoric acid groups is 1. The summed E-state index contributed by atoms with van der Waals surface area (Å²) in [6.07, 6.45) is 1.27. The average Bonchev–Trinajstić information content (AvgIpc) is 2.53. The summed E-state index contributed by atoms with van der Waals surface area (Å²) in [7, 11) is -5.09. The molecule has 2 rings (SSSR count). The van der Waals surface area contributed by atoms with E-state index in [1.54, 1.807) is 12.1 Å². The van der Waals surface area contributed by atoms with Gasteiger partial charge in [-0.3, -0.25) is 0 Å². The Hall–Kier alpha value is 1.44. The van der Waals surface area contributed by atoms with E-state index in [2.05, 4.69) is 25.4 Å². The summed E-state index contributed by atoms with van der Waals surface area (Å²) in [6.45, 7) is 0. The van der Waals surface area contributed by atoms with Gasteiger partial charge in [-0.25, -0.2) is 0 Å². The molecule has 0 bridgehead atoms. The van der Waals surface area contributed by atoms with Crippen LogP contribution in [0.5, 0.6) is 5.75 Å². The number of nitrogens with one attached hydrogen (secondary N) is 1. The van der Waals surface area contributed by atoms with Crippen LogP contribution in [0.1, 0.15) is 0 Å². The molecule has 0 aliphatic rings. The summed E-state index contributed by atoms with van der Waals surface area (Å²) < 4.78 is 15.4. The van der Waals surface area contributed by atoms with E-state index < -0.39 is 7.82 Å². The summed E-state index contributed by atoms with van der Waals surface area (Å²) in [6, 6.07) is 3.37. The average molecular weight is 388 g/mol. The van der Waals surface area contributed by atoms with Gasteiger partial charge in [0.05, 0.1) is 15.9 Å². The van der Waals surface area contributed by atoms with Gasteiger partial charge in [-0.05, 0) is 28.1 Å². The molecule has 1 heterocycles. The van der Waals surface area contributed by atoms with Crippen molar-refractivity contribution < 1.29 is 83.5 Å². The van der Waals surface area contributed by atoms with Gasteiger partial charge in [0.15, 0.2) is 5.75 Å². The molecule has 0 aliphatic carbocycles. The molecule has 1 aromatic carbocycles. The number of aromatic nitrogens is 1. The summed E-state index contributed by atoms with van der Waals surface area (Å²) in [5.74, 6) is -0.102. The number of hydrogen-bond acceptors (Lipinski definition) is 4. The Balaban J connectivity index is 0. The predicted molar refractivity (Wildman–Crippen MR) is 62.9 cm³/mol. The third-order valence-corrected chi connectivity index (χ3v) is 3.61. The van der Waals surface area contributed by atoms with E-state index in [4.69, 9.17) is 11.6 Å². The van der Waals surface area contributed by atoms with Crippen LogP contribution in [-0.2, 0) is 4.57 Å². The summed E-state index contributed by atoms with van der Waals surface area (Å²) in [4.78, 5) is 23.8. The van der Waals surface area contributed by atoms with Crippen LogP contribution in [0.4, 0.5) is 0 Å². The molecule has 11 heteroatoms. The van der Waals surface area contributed by atoms with Gasteiger partial charge in [-0.2, -0.15) is 0 Å². The molecule has 0 amide bonds. The van der Waals surface area contributed by atoms with Gasteiger partial charge in [-0.1, -0.05) is 11.6 Å². The third kappa shape index (κ3) is 5.62. The minimum atomic E-state index is -5.09.